The Morgan fingerprint density at radius 1 is 1.56 bits per heavy atom. The van der Waals surface area contributed by atoms with Gasteiger partial charge in [-0.1, -0.05) is 16.8 Å². The van der Waals surface area contributed by atoms with Crippen LogP contribution in [0.15, 0.2) is 22.7 Å². The molecule has 0 saturated carbocycles. The lowest BCUT2D eigenvalue weighted by molar-refractivity contribution is 0.0431. The second-order valence-electron chi connectivity index (χ2n) is 3.54. The fraction of sp³-hybridized carbons (Fsp3) is 0.182. The van der Waals surface area contributed by atoms with Crippen LogP contribution < -0.4 is 5.73 Å². The van der Waals surface area contributed by atoms with Gasteiger partial charge in [0.15, 0.2) is 12.4 Å². The zero-order chi connectivity index (χ0) is 13.1. The summed E-state index contributed by atoms with van der Waals surface area (Å²) in [4.78, 5) is 15.6. The van der Waals surface area contributed by atoms with Gasteiger partial charge in [0.05, 0.1) is 5.56 Å². The highest BCUT2D eigenvalue weighted by Crippen LogP contribution is 2.19. The second-order valence-corrected chi connectivity index (χ2v) is 3.98. The van der Waals surface area contributed by atoms with Gasteiger partial charge in [0.1, 0.15) is 0 Å². The molecule has 18 heavy (non-hydrogen) atoms. The molecule has 2 rings (SSSR count). The highest BCUT2D eigenvalue weighted by Gasteiger charge is 2.13. The number of rotatable bonds is 3. The molecular formula is C11H10ClN3O3. The van der Waals surface area contributed by atoms with Crippen LogP contribution in [0.25, 0.3) is 0 Å². The van der Waals surface area contributed by atoms with Crippen LogP contribution in [-0.2, 0) is 11.3 Å². The van der Waals surface area contributed by atoms with Crippen molar-refractivity contribution >= 4 is 23.3 Å². The molecule has 0 aliphatic heterocycles. The lowest BCUT2D eigenvalue weighted by Crippen LogP contribution is -2.08. The van der Waals surface area contributed by atoms with Crippen LogP contribution in [0.4, 0.5) is 5.69 Å². The highest BCUT2D eigenvalue weighted by molar-refractivity contribution is 6.31. The molecule has 0 saturated heterocycles. The van der Waals surface area contributed by atoms with Gasteiger partial charge in [0.2, 0.25) is 0 Å². The summed E-state index contributed by atoms with van der Waals surface area (Å²) in [7, 11) is 0. The Bertz CT molecular complexity index is 583. The highest BCUT2D eigenvalue weighted by atomic mass is 35.5. The number of aromatic nitrogens is 2. The predicted molar refractivity (Wildman–Crippen MR) is 64.0 cm³/mol. The number of aryl methyl sites for hydroxylation is 1. The monoisotopic (exact) mass is 267 g/mol. The van der Waals surface area contributed by atoms with E-state index in [2.05, 4.69) is 10.1 Å². The van der Waals surface area contributed by atoms with E-state index in [1.54, 1.807) is 13.0 Å². The van der Waals surface area contributed by atoms with Gasteiger partial charge in [0.25, 0.3) is 5.89 Å². The molecule has 0 amide bonds. The number of halogens is 1. The average Bonchev–Trinajstić information content (AvgIpc) is 2.72. The molecule has 2 aromatic rings. The molecule has 0 fully saturated rings. The van der Waals surface area contributed by atoms with Crippen LogP contribution in [0, 0.1) is 6.92 Å². The first kappa shape index (κ1) is 12.4. The van der Waals surface area contributed by atoms with E-state index in [-0.39, 0.29) is 23.7 Å². The lowest BCUT2D eigenvalue weighted by atomic mass is 10.2. The summed E-state index contributed by atoms with van der Waals surface area (Å²) in [6, 6.07) is 4.54. The first-order chi connectivity index (χ1) is 8.56. The maximum absolute atomic E-state index is 11.7. The van der Waals surface area contributed by atoms with E-state index in [1.165, 1.54) is 12.1 Å². The number of nitrogens with zero attached hydrogens (tertiary/aromatic N) is 2. The molecule has 6 nitrogen and oxygen atoms in total. The number of carbonyl (C=O) groups excluding carboxylic acids is 1. The first-order valence-corrected chi connectivity index (χ1v) is 5.45. The minimum absolute atomic E-state index is 0.0955. The van der Waals surface area contributed by atoms with Crippen LogP contribution in [0.5, 0.6) is 0 Å². The number of hydrogen-bond donors (Lipinski definition) is 1. The molecule has 2 N–H and O–H groups in total. The van der Waals surface area contributed by atoms with Gasteiger partial charge < -0.3 is 15.0 Å². The second kappa shape index (κ2) is 5.05. The molecule has 1 heterocycles. The van der Waals surface area contributed by atoms with E-state index in [4.69, 9.17) is 26.6 Å². The van der Waals surface area contributed by atoms with E-state index in [1.807, 2.05) is 0 Å². The summed E-state index contributed by atoms with van der Waals surface area (Å²) in [5, 5.41) is 4.03. The summed E-state index contributed by atoms with van der Waals surface area (Å²) >= 11 is 5.73. The normalized spacial score (nSPS) is 10.3. The minimum atomic E-state index is -0.569. The Labute approximate surface area is 108 Å². The molecule has 0 bridgehead atoms. The van der Waals surface area contributed by atoms with Gasteiger partial charge in [-0.3, -0.25) is 0 Å². The smallest absolute Gasteiger partial charge is 0.340 e. The number of hydrogen-bond acceptors (Lipinski definition) is 6. The van der Waals surface area contributed by atoms with Gasteiger partial charge in [-0.15, -0.1) is 0 Å². The Hall–Kier alpha value is -2.08. The molecule has 94 valence electrons. The fourth-order valence-electron chi connectivity index (χ4n) is 1.32. The Balaban J connectivity index is 2.03. The molecule has 0 aliphatic rings. The van der Waals surface area contributed by atoms with E-state index >= 15 is 0 Å². The van der Waals surface area contributed by atoms with Crippen molar-refractivity contribution in [2.75, 3.05) is 5.73 Å². The summed E-state index contributed by atoms with van der Waals surface area (Å²) in [6.45, 7) is 1.58. The van der Waals surface area contributed by atoms with Gasteiger partial charge in [-0.05, 0) is 25.1 Å². The molecule has 0 atom stereocenters. The van der Waals surface area contributed by atoms with Crippen molar-refractivity contribution in [2.24, 2.45) is 0 Å². The topological polar surface area (TPSA) is 91.2 Å². The number of nitrogens with two attached hydrogens (primary N) is 1. The van der Waals surface area contributed by atoms with Crippen molar-refractivity contribution in [3.63, 3.8) is 0 Å². The molecule has 0 radical (unpaired) electrons. The zero-order valence-corrected chi connectivity index (χ0v) is 10.3. The molecule has 0 unspecified atom stereocenters. The van der Waals surface area contributed by atoms with Crippen molar-refractivity contribution in [1.82, 2.24) is 10.1 Å². The number of nitrogen functional groups attached to an aromatic ring is 1. The van der Waals surface area contributed by atoms with Crippen LogP contribution in [0.3, 0.4) is 0 Å². The molecule has 0 spiro atoms. The maximum Gasteiger partial charge on any atom is 0.340 e. The third-order valence-corrected chi connectivity index (χ3v) is 2.36. The van der Waals surface area contributed by atoms with Gasteiger partial charge in [-0.2, -0.15) is 4.98 Å². The summed E-state index contributed by atoms with van der Waals surface area (Å²) in [6.07, 6.45) is 0. The van der Waals surface area contributed by atoms with Gasteiger partial charge in [-0.25, -0.2) is 4.79 Å². The summed E-state index contributed by atoms with van der Waals surface area (Å²) in [5.74, 6) is 0.139. The summed E-state index contributed by atoms with van der Waals surface area (Å²) < 4.78 is 9.80. The number of esters is 1. The Kier molecular flexibility index (Phi) is 3.47. The van der Waals surface area contributed by atoms with Gasteiger partial charge >= 0.3 is 5.97 Å². The van der Waals surface area contributed by atoms with Crippen LogP contribution in [0.1, 0.15) is 22.1 Å². The molecule has 1 aromatic carbocycles. The van der Waals surface area contributed by atoms with Crippen molar-refractivity contribution in [3.8, 4) is 0 Å². The number of ether oxygens (including phenoxy) is 1. The van der Waals surface area contributed by atoms with E-state index < -0.39 is 5.97 Å². The number of carbonyl (C=O) groups is 1. The summed E-state index contributed by atoms with van der Waals surface area (Å²) in [5.41, 5.74) is 6.16. The Morgan fingerprint density at radius 2 is 2.33 bits per heavy atom. The minimum Gasteiger partial charge on any atom is -0.452 e. The molecule has 1 aromatic heterocycles. The first-order valence-electron chi connectivity index (χ1n) is 5.07. The largest absolute Gasteiger partial charge is 0.452 e. The standard InChI is InChI=1S/C11H10ClN3O3/c1-6-14-10(18-15-6)5-17-11(16)8-3-2-7(12)4-9(8)13/h2-4H,5,13H2,1H3. The van der Waals surface area contributed by atoms with Crippen LogP contribution >= 0.6 is 11.6 Å². The maximum atomic E-state index is 11.7. The van der Waals surface area contributed by atoms with Crippen molar-refractivity contribution in [2.45, 2.75) is 13.5 Å². The fourth-order valence-corrected chi connectivity index (χ4v) is 1.50. The van der Waals surface area contributed by atoms with Crippen LogP contribution in [0.2, 0.25) is 5.02 Å². The van der Waals surface area contributed by atoms with Crippen molar-refractivity contribution in [1.29, 1.82) is 0 Å². The quantitative estimate of drug-likeness (QED) is 0.675. The van der Waals surface area contributed by atoms with Crippen molar-refractivity contribution < 1.29 is 14.1 Å². The van der Waals surface area contributed by atoms with Crippen LogP contribution in [-0.4, -0.2) is 16.1 Å². The lowest BCUT2D eigenvalue weighted by Gasteiger charge is -2.05. The van der Waals surface area contributed by atoms with E-state index in [0.717, 1.165) is 0 Å². The van der Waals surface area contributed by atoms with Gasteiger partial charge in [0, 0.05) is 10.7 Å². The molecular weight excluding hydrogens is 258 g/mol. The van der Waals surface area contributed by atoms with E-state index in [0.29, 0.717) is 10.8 Å². The number of anilines is 1. The average molecular weight is 268 g/mol. The third-order valence-electron chi connectivity index (χ3n) is 2.13. The SMILES string of the molecule is Cc1noc(COC(=O)c2ccc(Cl)cc2N)n1. The van der Waals surface area contributed by atoms with E-state index in [9.17, 15) is 4.79 Å². The predicted octanol–water partition coefficient (Wildman–Crippen LogP) is 1.97. The molecule has 0 aliphatic carbocycles. The molecule has 7 heteroatoms. The zero-order valence-electron chi connectivity index (χ0n) is 9.51. The number of benzene rings is 1. The Morgan fingerprint density at radius 3 is 2.94 bits per heavy atom. The van der Waals surface area contributed by atoms with Crippen molar-refractivity contribution in [3.05, 3.63) is 40.5 Å². The third kappa shape index (κ3) is 2.78.